The van der Waals surface area contributed by atoms with Gasteiger partial charge in [0, 0.05) is 24.8 Å². The van der Waals surface area contributed by atoms with E-state index in [2.05, 4.69) is 43.1 Å². The van der Waals surface area contributed by atoms with Gasteiger partial charge in [-0.25, -0.2) is 4.98 Å². The Morgan fingerprint density at radius 3 is 2.80 bits per heavy atom. The average Bonchev–Trinajstić information content (AvgIpc) is 2.47. The van der Waals surface area contributed by atoms with Crippen molar-refractivity contribution in [3.8, 4) is 0 Å². The van der Waals surface area contributed by atoms with Crippen molar-refractivity contribution in [1.29, 1.82) is 0 Å². The third kappa shape index (κ3) is 3.51. The fraction of sp³-hybridized carbons (Fsp3) is 0.706. The molecule has 20 heavy (non-hydrogen) atoms. The Morgan fingerprint density at radius 1 is 1.35 bits per heavy atom. The van der Waals surface area contributed by atoms with Crippen LogP contribution in [-0.4, -0.2) is 24.6 Å². The highest BCUT2D eigenvalue weighted by Crippen LogP contribution is 2.27. The number of nitrogens with one attached hydrogen (secondary N) is 1. The molecule has 1 N–H and O–H groups in total. The van der Waals surface area contributed by atoms with Crippen LogP contribution < -0.4 is 10.2 Å². The minimum Gasteiger partial charge on any atom is -0.354 e. The topological polar surface area (TPSA) is 28.2 Å². The highest BCUT2D eigenvalue weighted by atomic mass is 15.2. The maximum absolute atomic E-state index is 4.94. The summed E-state index contributed by atoms with van der Waals surface area (Å²) in [7, 11) is 2.00. The van der Waals surface area contributed by atoms with Crippen molar-refractivity contribution in [3.63, 3.8) is 0 Å². The lowest BCUT2D eigenvalue weighted by molar-refractivity contribution is 0.446. The number of anilines is 1. The van der Waals surface area contributed by atoms with E-state index in [-0.39, 0.29) is 0 Å². The maximum atomic E-state index is 4.94. The van der Waals surface area contributed by atoms with Gasteiger partial charge in [0.25, 0.3) is 0 Å². The van der Waals surface area contributed by atoms with Crippen molar-refractivity contribution in [2.24, 2.45) is 0 Å². The minimum absolute atomic E-state index is 0.482. The lowest BCUT2D eigenvalue weighted by Crippen LogP contribution is -2.39. The fourth-order valence-corrected chi connectivity index (χ4v) is 3.07. The Hall–Kier alpha value is -1.09. The SMILES string of the molecule is CCC1CCCCN1c1cc(CNC)cc(C(C)C)n1. The summed E-state index contributed by atoms with van der Waals surface area (Å²) >= 11 is 0. The molecule has 1 aromatic heterocycles. The first-order chi connectivity index (χ1) is 9.65. The molecule has 1 aliphatic rings. The van der Waals surface area contributed by atoms with Crippen LogP contribution in [0, 0.1) is 0 Å². The van der Waals surface area contributed by atoms with Crippen LogP contribution in [0.5, 0.6) is 0 Å². The third-order valence-electron chi connectivity index (χ3n) is 4.26. The molecule has 1 saturated heterocycles. The summed E-state index contributed by atoms with van der Waals surface area (Å²) < 4.78 is 0. The molecule has 0 aliphatic carbocycles. The van der Waals surface area contributed by atoms with Crippen molar-refractivity contribution in [2.45, 2.75) is 65.0 Å². The molecular formula is C17H29N3. The molecule has 3 heteroatoms. The van der Waals surface area contributed by atoms with Crippen LogP contribution in [0.15, 0.2) is 12.1 Å². The van der Waals surface area contributed by atoms with Crippen LogP contribution >= 0.6 is 0 Å². The molecule has 0 saturated carbocycles. The highest BCUT2D eigenvalue weighted by Gasteiger charge is 2.22. The molecular weight excluding hydrogens is 246 g/mol. The second-order valence-corrected chi connectivity index (χ2v) is 6.19. The molecule has 0 aromatic carbocycles. The highest BCUT2D eigenvalue weighted by molar-refractivity contribution is 5.45. The van der Waals surface area contributed by atoms with Crippen molar-refractivity contribution < 1.29 is 0 Å². The number of hydrogen-bond acceptors (Lipinski definition) is 3. The number of rotatable bonds is 5. The summed E-state index contributed by atoms with van der Waals surface area (Å²) in [5.74, 6) is 1.67. The Kier molecular flexibility index (Phi) is 5.41. The Balaban J connectivity index is 2.32. The lowest BCUT2D eigenvalue weighted by atomic mass is 9.99. The van der Waals surface area contributed by atoms with Crippen molar-refractivity contribution >= 4 is 5.82 Å². The van der Waals surface area contributed by atoms with Gasteiger partial charge >= 0.3 is 0 Å². The zero-order valence-corrected chi connectivity index (χ0v) is 13.4. The fourth-order valence-electron chi connectivity index (χ4n) is 3.07. The Labute approximate surface area is 123 Å². The largest absolute Gasteiger partial charge is 0.354 e. The Morgan fingerprint density at radius 2 is 2.15 bits per heavy atom. The number of nitrogens with zero attached hydrogens (tertiary/aromatic N) is 2. The molecule has 3 nitrogen and oxygen atoms in total. The molecule has 1 fully saturated rings. The third-order valence-corrected chi connectivity index (χ3v) is 4.26. The molecule has 0 amide bonds. The average molecular weight is 275 g/mol. The molecule has 2 rings (SSSR count). The zero-order chi connectivity index (χ0) is 14.5. The molecule has 0 spiro atoms. The van der Waals surface area contributed by atoms with Crippen LogP contribution in [0.25, 0.3) is 0 Å². The van der Waals surface area contributed by atoms with Gasteiger partial charge < -0.3 is 10.2 Å². The molecule has 0 bridgehead atoms. The molecule has 1 aliphatic heterocycles. The smallest absolute Gasteiger partial charge is 0.129 e. The van der Waals surface area contributed by atoms with Gasteiger partial charge in [-0.2, -0.15) is 0 Å². The van der Waals surface area contributed by atoms with Crippen molar-refractivity contribution in [1.82, 2.24) is 10.3 Å². The first-order valence-electron chi connectivity index (χ1n) is 8.07. The predicted molar refractivity (Wildman–Crippen MR) is 86.4 cm³/mol. The van der Waals surface area contributed by atoms with Gasteiger partial charge in [0.1, 0.15) is 5.82 Å². The first-order valence-corrected chi connectivity index (χ1v) is 8.07. The summed E-state index contributed by atoms with van der Waals surface area (Å²) in [6, 6.07) is 5.19. The number of pyridine rings is 1. The summed E-state index contributed by atoms with van der Waals surface area (Å²) in [5, 5.41) is 3.26. The molecule has 2 heterocycles. The van der Waals surface area contributed by atoms with Crippen LogP contribution in [-0.2, 0) is 6.54 Å². The van der Waals surface area contributed by atoms with Crippen LogP contribution in [0.4, 0.5) is 5.82 Å². The van der Waals surface area contributed by atoms with Crippen molar-refractivity contribution in [2.75, 3.05) is 18.5 Å². The van der Waals surface area contributed by atoms with Gasteiger partial charge in [0.15, 0.2) is 0 Å². The summed E-state index contributed by atoms with van der Waals surface area (Å²) in [6.45, 7) is 8.82. The number of aromatic nitrogens is 1. The second kappa shape index (κ2) is 7.07. The van der Waals surface area contributed by atoms with Crippen LogP contribution in [0.2, 0.25) is 0 Å². The zero-order valence-electron chi connectivity index (χ0n) is 13.4. The first kappa shape index (κ1) is 15.3. The number of piperidine rings is 1. The summed E-state index contributed by atoms with van der Waals surface area (Å²) in [5.41, 5.74) is 2.56. The van der Waals surface area contributed by atoms with E-state index in [1.807, 2.05) is 7.05 Å². The van der Waals surface area contributed by atoms with E-state index in [0.717, 1.165) is 13.1 Å². The van der Waals surface area contributed by atoms with E-state index in [9.17, 15) is 0 Å². The molecule has 112 valence electrons. The maximum Gasteiger partial charge on any atom is 0.129 e. The standard InChI is InChI=1S/C17H29N3/c1-5-15-8-6-7-9-20(15)17-11-14(12-18-4)10-16(19-17)13(2)3/h10-11,13,15,18H,5-9,12H2,1-4H3. The van der Waals surface area contributed by atoms with E-state index in [1.165, 1.54) is 42.8 Å². The summed E-state index contributed by atoms with van der Waals surface area (Å²) in [6.07, 6.45) is 5.19. The van der Waals surface area contributed by atoms with Gasteiger partial charge in [0.05, 0.1) is 0 Å². The van der Waals surface area contributed by atoms with Crippen LogP contribution in [0.1, 0.15) is 63.6 Å². The van der Waals surface area contributed by atoms with Gasteiger partial charge in [-0.15, -0.1) is 0 Å². The van der Waals surface area contributed by atoms with Gasteiger partial charge in [0.2, 0.25) is 0 Å². The monoisotopic (exact) mass is 275 g/mol. The second-order valence-electron chi connectivity index (χ2n) is 6.19. The quantitative estimate of drug-likeness (QED) is 0.888. The van der Waals surface area contributed by atoms with Gasteiger partial charge in [-0.1, -0.05) is 20.8 Å². The van der Waals surface area contributed by atoms with Gasteiger partial charge in [-0.05, 0) is 56.3 Å². The van der Waals surface area contributed by atoms with Gasteiger partial charge in [-0.3, -0.25) is 0 Å². The predicted octanol–water partition coefficient (Wildman–Crippen LogP) is 3.69. The lowest BCUT2D eigenvalue weighted by Gasteiger charge is -2.36. The van der Waals surface area contributed by atoms with E-state index < -0.39 is 0 Å². The molecule has 1 aromatic rings. The van der Waals surface area contributed by atoms with E-state index in [4.69, 9.17) is 4.98 Å². The van der Waals surface area contributed by atoms with Crippen molar-refractivity contribution in [3.05, 3.63) is 23.4 Å². The molecule has 0 radical (unpaired) electrons. The van der Waals surface area contributed by atoms with Crippen LogP contribution in [0.3, 0.4) is 0 Å². The van der Waals surface area contributed by atoms with E-state index in [0.29, 0.717) is 12.0 Å². The minimum atomic E-state index is 0.482. The molecule has 1 unspecified atom stereocenters. The van der Waals surface area contributed by atoms with E-state index in [1.54, 1.807) is 0 Å². The Bertz CT molecular complexity index is 428. The van der Waals surface area contributed by atoms with E-state index >= 15 is 0 Å². The summed E-state index contributed by atoms with van der Waals surface area (Å²) in [4.78, 5) is 7.47. The number of hydrogen-bond donors (Lipinski definition) is 1. The molecule has 1 atom stereocenters. The normalized spacial score (nSPS) is 19.6.